The number of likely N-dealkylation sites (N-methyl/N-ethyl adjacent to an activating group) is 1. The molecule has 0 saturated heterocycles. The van der Waals surface area contributed by atoms with Gasteiger partial charge in [-0.15, -0.1) is 0 Å². The van der Waals surface area contributed by atoms with Gasteiger partial charge in [0.15, 0.2) is 5.96 Å². The van der Waals surface area contributed by atoms with Crippen molar-refractivity contribution in [3.05, 3.63) is 17.3 Å². The van der Waals surface area contributed by atoms with Crippen molar-refractivity contribution in [2.75, 3.05) is 33.7 Å². The topological polar surface area (TPSA) is 65.7 Å². The van der Waals surface area contributed by atoms with E-state index in [1.54, 1.807) is 7.05 Å². The Bertz CT molecular complexity index is 394. The third kappa shape index (κ3) is 5.30. The van der Waals surface area contributed by atoms with Crippen LogP contribution in [0.4, 0.5) is 0 Å². The SMILES string of the molecule is CCN(C)CCNC(=NC)NCc1nc(C)c(C)o1. The van der Waals surface area contributed by atoms with Gasteiger partial charge in [0.05, 0.1) is 12.2 Å². The van der Waals surface area contributed by atoms with Gasteiger partial charge in [0.25, 0.3) is 0 Å². The molecule has 1 heterocycles. The number of nitrogens with zero attached hydrogens (tertiary/aromatic N) is 3. The zero-order chi connectivity index (χ0) is 14.3. The van der Waals surface area contributed by atoms with Crippen molar-refractivity contribution in [1.29, 1.82) is 0 Å². The average molecular weight is 267 g/mol. The van der Waals surface area contributed by atoms with E-state index < -0.39 is 0 Å². The van der Waals surface area contributed by atoms with Gasteiger partial charge in [-0.05, 0) is 27.4 Å². The summed E-state index contributed by atoms with van der Waals surface area (Å²) < 4.78 is 5.50. The Morgan fingerprint density at radius 2 is 2.11 bits per heavy atom. The number of guanidine groups is 1. The van der Waals surface area contributed by atoms with Crippen molar-refractivity contribution < 1.29 is 4.42 Å². The summed E-state index contributed by atoms with van der Waals surface area (Å²) in [6.45, 7) is 9.42. The lowest BCUT2D eigenvalue weighted by Gasteiger charge is -2.15. The summed E-state index contributed by atoms with van der Waals surface area (Å²) in [5, 5.41) is 6.44. The Balaban J connectivity index is 2.33. The van der Waals surface area contributed by atoms with Crippen LogP contribution in [0.2, 0.25) is 0 Å². The van der Waals surface area contributed by atoms with Crippen LogP contribution in [-0.4, -0.2) is 49.6 Å². The number of nitrogens with one attached hydrogen (secondary N) is 2. The molecule has 6 heteroatoms. The number of rotatable bonds is 6. The van der Waals surface area contributed by atoms with Crippen LogP contribution < -0.4 is 10.6 Å². The Morgan fingerprint density at radius 1 is 1.37 bits per heavy atom. The summed E-state index contributed by atoms with van der Waals surface area (Å²) in [4.78, 5) is 10.7. The second kappa shape index (κ2) is 7.78. The van der Waals surface area contributed by atoms with Gasteiger partial charge >= 0.3 is 0 Å². The Hall–Kier alpha value is -1.56. The lowest BCUT2D eigenvalue weighted by molar-refractivity contribution is 0.357. The number of aromatic nitrogens is 1. The second-order valence-electron chi connectivity index (χ2n) is 4.50. The fourth-order valence-electron chi connectivity index (χ4n) is 1.52. The van der Waals surface area contributed by atoms with Crippen LogP contribution in [0.1, 0.15) is 24.3 Å². The van der Waals surface area contributed by atoms with E-state index in [0.29, 0.717) is 12.4 Å². The van der Waals surface area contributed by atoms with Gasteiger partial charge in [0, 0.05) is 20.1 Å². The molecule has 0 radical (unpaired) electrons. The highest BCUT2D eigenvalue weighted by atomic mass is 16.4. The number of hydrogen-bond acceptors (Lipinski definition) is 4. The van der Waals surface area contributed by atoms with Crippen LogP contribution in [0.5, 0.6) is 0 Å². The maximum atomic E-state index is 5.50. The summed E-state index contributed by atoms with van der Waals surface area (Å²) >= 11 is 0. The number of oxazole rings is 1. The molecule has 0 atom stereocenters. The minimum atomic E-state index is 0.540. The summed E-state index contributed by atoms with van der Waals surface area (Å²) in [7, 11) is 3.85. The van der Waals surface area contributed by atoms with Crippen LogP contribution in [0.15, 0.2) is 9.41 Å². The van der Waals surface area contributed by atoms with E-state index in [-0.39, 0.29) is 0 Å². The molecule has 6 nitrogen and oxygen atoms in total. The van der Waals surface area contributed by atoms with Crippen LogP contribution in [-0.2, 0) is 6.54 Å². The first-order valence-corrected chi connectivity index (χ1v) is 6.62. The molecule has 0 aliphatic carbocycles. The van der Waals surface area contributed by atoms with E-state index in [1.165, 1.54) is 0 Å². The number of aryl methyl sites for hydroxylation is 2. The monoisotopic (exact) mass is 267 g/mol. The molecule has 1 aromatic rings. The van der Waals surface area contributed by atoms with Crippen LogP contribution in [0.25, 0.3) is 0 Å². The number of aliphatic imine (C=N–C) groups is 1. The molecule has 0 saturated carbocycles. The molecule has 0 fully saturated rings. The molecular formula is C13H25N5O. The standard InChI is InChI=1S/C13H25N5O/c1-6-18(5)8-7-15-13(14-4)16-9-12-17-10(2)11(3)19-12/h6-9H2,1-5H3,(H2,14,15,16). The van der Waals surface area contributed by atoms with Gasteiger partial charge in [-0.1, -0.05) is 6.92 Å². The molecule has 0 unspecified atom stereocenters. The normalized spacial score (nSPS) is 12.0. The van der Waals surface area contributed by atoms with Gasteiger partial charge in [0.2, 0.25) is 5.89 Å². The minimum Gasteiger partial charge on any atom is -0.444 e. The van der Waals surface area contributed by atoms with Gasteiger partial charge in [-0.3, -0.25) is 4.99 Å². The fraction of sp³-hybridized carbons (Fsp3) is 0.692. The van der Waals surface area contributed by atoms with Crippen LogP contribution in [0.3, 0.4) is 0 Å². The molecule has 108 valence electrons. The van der Waals surface area contributed by atoms with Crippen LogP contribution >= 0.6 is 0 Å². The Labute approximate surface area is 115 Å². The molecule has 0 bridgehead atoms. The first-order chi connectivity index (χ1) is 9.06. The van der Waals surface area contributed by atoms with E-state index >= 15 is 0 Å². The minimum absolute atomic E-state index is 0.540. The molecule has 0 aromatic carbocycles. The van der Waals surface area contributed by atoms with Crippen molar-refractivity contribution in [3.63, 3.8) is 0 Å². The Morgan fingerprint density at radius 3 is 2.63 bits per heavy atom. The summed E-state index contributed by atoms with van der Waals surface area (Å²) in [5.41, 5.74) is 0.935. The molecular weight excluding hydrogens is 242 g/mol. The van der Waals surface area contributed by atoms with Crippen molar-refractivity contribution in [2.24, 2.45) is 4.99 Å². The molecule has 0 spiro atoms. The second-order valence-corrected chi connectivity index (χ2v) is 4.50. The van der Waals surface area contributed by atoms with E-state index in [0.717, 1.165) is 37.0 Å². The summed E-state index contributed by atoms with van der Waals surface area (Å²) in [6.07, 6.45) is 0. The van der Waals surface area contributed by atoms with Gasteiger partial charge in [-0.2, -0.15) is 0 Å². The van der Waals surface area contributed by atoms with Crippen molar-refractivity contribution >= 4 is 5.96 Å². The number of hydrogen-bond donors (Lipinski definition) is 2. The molecule has 0 amide bonds. The van der Waals surface area contributed by atoms with E-state index in [9.17, 15) is 0 Å². The maximum absolute atomic E-state index is 5.50. The first kappa shape index (κ1) is 15.5. The average Bonchev–Trinajstić information content (AvgIpc) is 2.72. The molecule has 0 aliphatic heterocycles. The highest BCUT2D eigenvalue weighted by Gasteiger charge is 2.06. The highest BCUT2D eigenvalue weighted by Crippen LogP contribution is 2.07. The molecule has 2 N–H and O–H groups in total. The van der Waals surface area contributed by atoms with Crippen molar-refractivity contribution in [3.8, 4) is 0 Å². The highest BCUT2D eigenvalue weighted by molar-refractivity contribution is 5.79. The molecule has 1 aromatic heterocycles. The molecule has 1 rings (SSSR count). The van der Waals surface area contributed by atoms with E-state index in [2.05, 4.69) is 39.5 Å². The zero-order valence-corrected chi connectivity index (χ0v) is 12.6. The van der Waals surface area contributed by atoms with Gasteiger partial charge < -0.3 is 20.0 Å². The quantitative estimate of drug-likeness (QED) is 0.592. The predicted octanol–water partition coefficient (Wildman–Crippen LogP) is 0.908. The Kier molecular flexibility index (Phi) is 6.35. The predicted molar refractivity (Wildman–Crippen MR) is 77.3 cm³/mol. The largest absolute Gasteiger partial charge is 0.444 e. The van der Waals surface area contributed by atoms with Gasteiger partial charge in [-0.25, -0.2) is 4.98 Å². The van der Waals surface area contributed by atoms with E-state index in [4.69, 9.17) is 4.42 Å². The molecule has 0 aliphatic rings. The maximum Gasteiger partial charge on any atom is 0.214 e. The van der Waals surface area contributed by atoms with E-state index in [1.807, 2.05) is 13.8 Å². The van der Waals surface area contributed by atoms with Crippen molar-refractivity contribution in [2.45, 2.75) is 27.3 Å². The lowest BCUT2D eigenvalue weighted by atomic mass is 10.4. The summed E-state index contributed by atoms with van der Waals surface area (Å²) in [5.74, 6) is 2.31. The first-order valence-electron chi connectivity index (χ1n) is 6.62. The van der Waals surface area contributed by atoms with Crippen LogP contribution in [0, 0.1) is 13.8 Å². The zero-order valence-electron chi connectivity index (χ0n) is 12.6. The third-order valence-electron chi connectivity index (χ3n) is 3.03. The lowest BCUT2D eigenvalue weighted by Crippen LogP contribution is -2.40. The van der Waals surface area contributed by atoms with Crippen molar-refractivity contribution in [1.82, 2.24) is 20.5 Å². The summed E-state index contributed by atoms with van der Waals surface area (Å²) in [6, 6.07) is 0. The van der Waals surface area contributed by atoms with Gasteiger partial charge in [0.1, 0.15) is 5.76 Å². The fourth-order valence-corrected chi connectivity index (χ4v) is 1.52. The third-order valence-corrected chi connectivity index (χ3v) is 3.03. The molecule has 19 heavy (non-hydrogen) atoms. The smallest absolute Gasteiger partial charge is 0.214 e.